The molecule has 1 saturated heterocycles. The highest BCUT2D eigenvalue weighted by Crippen LogP contribution is 2.62. The lowest BCUT2D eigenvalue weighted by molar-refractivity contribution is -0.278. The second kappa shape index (κ2) is 7.45. The fourth-order valence-electron chi connectivity index (χ4n) is 6.61. The molecule has 2 aliphatic heterocycles. The third kappa shape index (κ3) is 2.70. The van der Waals surface area contributed by atoms with Crippen LogP contribution in [0.5, 0.6) is 0 Å². The van der Waals surface area contributed by atoms with Gasteiger partial charge in [-0.3, -0.25) is 14.5 Å². The van der Waals surface area contributed by atoms with Crippen molar-refractivity contribution in [1.29, 1.82) is 0 Å². The predicted octanol–water partition coefficient (Wildman–Crippen LogP) is 2.95. The Bertz CT molecular complexity index is 1130. The number of carbonyl (C=O) groups excluding carboxylic acids is 3. The summed E-state index contributed by atoms with van der Waals surface area (Å²) in [4.78, 5) is 41.3. The Hall–Kier alpha value is -2.61. The molecular formula is C26H29NO5Si. The van der Waals surface area contributed by atoms with Crippen molar-refractivity contribution in [2.75, 3.05) is 12.0 Å². The highest BCUT2D eigenvalue weighted by Gasteiger charge is 2.75. The van der Waals surface area contributed by atoms with E-state index in [1.54, 1.807) is 18.9 Å². The van der Waals surface area contributed by atoms with Gasteiger partial charge in [0.05, 0.1) is 13.5 Å². The number of anilines is 1. The van der Waals surface area contributed by atoms with Gasteiger partial charge in [0.15, 0.2) is 5.79 Å². The normalized spacial score (nSPS) is 33.0. The zero-order chi connectivity index (χ0) is 23.6. The third-order valence-corrected chi connectivity index (χ3v) is 12.4. The van der Waals surface area contributed by atoms with Crippen molar-refractivity contribution < 1.29 is 23.9 Å². The number of hydrogen-bond acceptors (Lipinski definition) is 5. The lowest BCUT2D eigenvalue weighted by atomic mass is 9.62. The first-order chi connectivity index (χ1) is 15.8. The van der Waals surface area contributed by atoms with Gasteiger partial charge in [0, 0.05) is 31.2 Å². The van der Waals surface area contributed by atoms with E-state index >= 15 is 0 Å². The van der Waals surface area contributed by atoms with Gasteiger partial charge in [-0.15, -0.1) is 0 Å². The molecule has 172 valence electrons. The number of para-hydroxylation sites is 1. The minimum Gasteiger partial charge on any atom is -0.351 e. The number of benzene rings is 2. The summed E-state index contributed by atoms with van der Waals surface area (Å²) >= 11 is 0. The molecule has 0 radical (unpaired) electrons. The molecule has 1 saturated carbocycles. The summed E-state index contributed by atoms with van der Waals surface area (Å²) in [5.74, 6) is -1.44. The van der Waals surface area contributed by atoms with E-state index in [0.29, 0.717) is 5.69 Å². The number of carbonyl (C=O) groups is 3. The van der Waals surface area contributed by atoms with Crippen LogP contribution in [0.4, 0.5) is 5.69 Å². The molecule has 0 bridgehead atoms. The Morgan fingerprint density at radius 3 is 2.45 bits per heavy atom. The van der Waals surface area contributed by atoms with Crippen molar-refractivity contribution >= 4 is 36.9 Å². The Labute approximate surface area is 194 Å². The van der Waals surface area contributed by atoms with Crippen LogP contribution in [0.15, 0.2) is 54.6 Å². The number of ether oxygens (including phenoxy) is 2. The second-order valence-electron chi connectivity index (χ2n) is 9.92. The molecule has 2 fully saturated rings. The molecule has 0 spiro atoms. The molecule has 2 aromatic rings. The summed E-state index contributed by atoms with van der Waals surface area (Å²) in [6.45, 7) is 6.20. The van der Waals surface area contributed by atoms with Gasteiger partial charge in [0.2, 0.25) is 0 Å². The van der Waals surface area contributed by atoms with E-state index in [2.05, 4.69) is 25.2 Å². The number of morpholine rings is 1. The maximum absolute atomic E-state index is 14.1. The Kier molecular flexibility index (Phi) is 5.01. The van der Waals surface area contributed by atoms with Gasteiger partial charge in [0.1, 0.15) is 24.2 Å². The maximum Gasteiger partial charge on any atom is 0.256 e. The number of nitrogens with zero attached hydrogens (tertiary/aromatic N) is 1. The average Bonchev–Trinajstić information content (AvgIpc) is 3.13. The largest absolute Gasteiger partial charge is 0.351 e. The lowest BCUT2D eigenvalue weighted by Crippen LogP contribution is -2.77. The van der Waals surface area contributed by atoms with Crippen LogP contribution in [0.3, 0.4) is 0 Å². The van der Waals surface area contributed by atoms with Gasteiger partial charge in [-0.1, -0.05) is 66.8 Å². The molecule has 2 aromatic carbocycles. The van der Waals surface area contributed by atoms with E-state index in [1.165, 1.54) is 5.19 Å². The predicted molar refractivity (Wildman–Crippen MR) is 127 cm³/mol. The van der Waals surface area contributed by atoms with Gasteiger partial charge >= 0.3 is 0 Å². The monoisotopic (exact) mass is 463 g/mol. The van der Waals surface area contributed by atoms with Crippen molar-refractivity contribution in [3.05, 3.63) is 60.2 Å². The zero-order valence-corrected chi connectivity index (χ0v) is 20.4. The number of rotatable bonds is 5. The topological polar surface area (TPSA) is 72.9 Å². The molecule has 5 atom stereocenters. The SMILES string of the molecule is COC12OC(C)C(=O)N3c4ccccc4[C@](CC=O)(C(=O)CC1[Si](C)(C)c1ccccc1)[C@H]32. The smallest absolute Gasteiger partial charge is 0.256 e. The maximum atomic E-state index is 14.1. The van der Waals surface area contributed by atoms with Gasteiger partial charge < -0.3 is 14.3 Å². The molecule has 0 N–H and O–H groups in total. The number of ketones is 1. The molecule has 5 rings (SSSR count). The van der Waals surface area contributed by atoms with Crippen LogP contribution in [-0.2, 0) is 29.3 Å². The number of hydrogen-bond donors (Lipinski definition) is 0. The van der Waals surface area contributed by atoms with Crippen molar-refractivity contribution in [1.82, 2.24) is 0 Å². The van der Waals surface area contributed by atoms with Crippen LogP contribution >= 0.6 is 0 Å². The molecule has 3 unspecified atom stereocenters. The van der Waals surface area contributed by atoms with E-state index in [4.69, 9.17) is 9.47 Å². The molecular weight excluding hydrogens is 434 g/mol. The van der Waals surface area contributed by atoms with Crippen molar-refractivity contribution in [3.8, 4) is 0 Å². The first kappa shape index (κ1) is 22.2. The average molecular weight is 464 g/mol. The summed E-state index contributed by atoms with van der Waals surface area (Å²) in [6.07, 6.45) is 0.272. The lowest BCUT2D eigenvalue weighted by Gasteiger charge is -2.60. The van der Waals surface area contributed by atoms with E-state index in [0.717, 1.165) is 11.8 Å². The molecule has 0 aromatic heterocycles. The first-order valence-corrected chi connectivity index (χ1v) is 14.5. The molecule has 1 aliphatic carbocycles. The summed E-state index contributed by atoms with van der Waals surface area (Å²) in [6, 6.07) is 16.9. The fraction of sp³-hybridized carbons (Fsp3) is 0.423. The molecule has 2 heterocycles. The number of methoxy groups -OCH3 is 1. The van der Waals surface area contributed by atoms with E-state index < -0.39 is 31.4 Å². The highest BCUT2D eigenvalue weighted by molar-refractivity contribution is 6.91. The summed E-state index contributed by atoms with van der Waals surface area (Å²) in [7, 11) is -0.757. The van der Waals surface area contributed by atoms with Gasteiger partial charge in [-0.05, 0) is 18.6 Å². The van der Waals surface area contributed by atoms with Crippen LogP contribution < -0.4 is 10.1 Å². The Morgan fingerprint density at radius 1 is 1.12 bits per heavy atom. The molecule has 33 heavy (non-hydrogen) atoms. The summed E-state index contributed by atoms with van der Waals surface area (Å²) in [5.41, 5.74) is -0.0275. The van der Waals surface area contributed by atoms with E-state index in [1.807, 2.05) is 42.5 Å². The van der Waals surface area contributed by atoms with Gasteiger partial charge in [0.25, 0.3) is 5.91 Å². The number of amides is 1. The van der Waals surface area contributed by atoms with Crippen LogP contribution in [0, 0.1) is 0 Å². The first-order valence-electron chi connectivity index (χ1n) is 11.4. The van der Waals surface area contributed by atoms with Crippen LogP contribution in [-0.4, -0.2) is 51.1 Å². The molecule has 7 heteroatoms. The van der Waals surface area contributed by atoms with Crippen LogP contribution in [0.1, 0.15) is 25.3 Å². The third-order valence-electron chi connectivity index (χ3n) is 8.18. The number of Topliss-reactive ketones (excluding diaryl/α,β-unsaturated/α-hetero) is 1. The van der Waals surface area contributed by atoms with Gasteiger partial charge in [-0.25, -0.2) is 0 Å². The van der Waals surface area contributed by atoms with E-state index in [9.17, 15) is 14.4 Å². The molecule has 6 nitrogen and oxygen atoms in total. The van der Waals surface area contributed by atoms with Crippen molar-refractivity contribution in [3.63, 3.8) is 0 Å². The van der Waals surface area contributed by atoms with Gasteiger partial charge in [-0.2, -0.15) is 0 Å². The summed E-state index contributed by atoms with van der Waals surface area (Å²) in [5, 5.41) is 1.19. The Morgan fingerprint density at radius 2 is 1.79 bits per heavy atom. The zero-order valence-electron chi connectivity index (χ0n) is 19.4. The minimum absolute atomic E-state index is 0.0137. The van der Waals surface area contributed by atoms with Crippen molar-refractivity contribution in [2.24, 2.45) is 0 Å². The molecule has 1 amide bonds. The van der Waals surface area contributed by atoms with Crippen LogP contribution in [0.25, 0.3) is 0 Å². The van der Waals surface area contributed by atoms with Crippen molar-refractivity contribution in [2.45, 2.75) is 61.7 Å². The molecule has 3 aliphatic rings. The fourth-order valence-corrected chi connectivity index (χ4v) is 10.1. The minimum atomic E-state index is -2.36. The highest BCUT2D eigenvalue weighted by atomic mass is 28.3. The quantitative estimate of drug-likeness (QED) is 0.504. The second-order valence-corrected chi connectivity index (χ2v) is 14.6. The van der Waals surface area contributed by atoms with E-state index in [-0.39, 0.29) is 30.1 Å². The summed E-state index contributed by atoms with van der Waals surface area (Å²) < 4.78 is 12.8. The standard InChI is InChI=1S/C26H29NO5Si/c1-17-23(30)27-20-13-9-8-12-19(20)25(14-15-28)21(29)16-22(26(31-2,32-17)24(25)27)33(3,4)18-10-6-5-7-11-18/h5-13,15,17,22,24H,14,16H2,1-4H3/t17?,22?,24-,25+,26?/m0/s1. The Balaban J connectivity index is 1.79. The number of aldehydes is 1. The van der Waals surface area contributed by atoms with Crippen LogP contribution in [0.2, 0.25) is 18.6 Å². The number of fused-ring (bicyclic) bond motifs is 3.